The monoisotopic (exact) mass is 319 g/mol. The number of carbonyl (C=O) groups is 1. The average Bonchev–Trinajstić information content (AvgIpc) is 2.60. The minimum atomic E-state index is -0.808. The van der Waals surface area contributed by atoms with Gasteiger partial charge >= 0.3 is 5.63 Å². The zero-order chi connectivity index (χ0) is 17.3. The summed E-state index contributed by atoms with van der Waals surface area (Å²) in [5.41, 5.74) is -1.08. The molecular formula is C20H17NO3. The highest BCUT2D eigenvalue weighted by Gasteiger charge is 2.24. The Bertz CT molecular complexity index is 1040. The Hall–Kier alpha value is -3.06. The third-order valence-corrected chi connectivity index (χ3v) is 4.30. The van der Waals surface area contributed by atoms with Gasteiger partial charge in [-0.05, 0) is 36.2 Å². The van der Waals surface area contributed by atoms with Gasteiger partial charge in [-0.3, -0.25) is 4.79 Å². The van der Waals surface area contributed by atoms with Crippen molar-refractivity contribution in [2.75, 3.05) is 0 Å². The standard InChI is InChI=1S/C20H17NO3/c1-4-20(3,5-2)21-18(22)16-12-15-14-9-7-6-8-13(14)10-11-17(15)24-19(16)23/h1,6-12H,5H2,2-3H3,(H,21,22)/t20-/m1/s1. The molecule has 24 heavy (non-hydrogen) atoms. The number of hydrogen-bond acceptors (Lipinski definition) is 3. The van der Waals surface area contributed by atoms with Gasteiger partial charge in [0, 0.05) is 5.39 Å². The first-order valence-electron chi connectivity index (χ1n) is 7.73. The van der Waals surface area contributed by atoms with Crippen molar-refractivity contribution >= 4 is 27.6 Å². The molecule has 1 N–H and O–H groups in total. The molecule has 1 amide bonds. The average molecular weight is 319 g/mol. The summed E-state index contributed by atoms with van der Waals surface area (Å²) in [6.07, 6.45) is 6.03. The molecule has 0 aliphatic carbocycles. The van der Waals surface area contributed by atoms with Crippen molar-refractivity contribution in [3.8, 4) is 12.3 Å². The third kappa shape index (κ3) is 2.65. The summed E-state index contributed by atoms with van der Waals surface area (Å²) in [7, 11) is 0. The molecule has 1 aromatic heterocycles. The minimum absolute atomic E-state index is 0.0474. The molecule has 1 atom stereocenters. The Morgan fingerprint density at radius 3 is 2.71 bits per heavy atom. The summed E-state index contributed by atoms with van der Waals surface area (Å²) in [5, 5.41) is 5.37. The number of nitrogens with one attached hydrogen (secondary N) is 1. The molecule has 1 heterocycles. The first-order chi connectivity index (χ1) is 11.5. The Morgan fingerprint density at radius 2 is 2.00 bits per heavy atom. The van der Waals surface area contributed by atoms with Crippen molar-refractivity contribution < 1.29 is 9.21 Å². The predicted octanol–water partition coefficient (Wildman–Crippen LogP) is 3.48. The number of carbonyl (C=O) groups excluding carboxylic acids is 1. The fourth-order valence-electron chi connectivity index (χ4n) is 2.57. The molecule has 0 bridgehead atoms. The zero-order valence-corrected chi connectivity index (χ0v) is 13.6. The third-order valence-electron chi connectivity index (χ3n) is 4.30. The van der Waals surface area contributed by atoms with Crippen LogP contribution in [0.4, 0.5) is 0 Å². The molecule has 4 nitrogen and oxygen atoms in total. The van der Waals surface area contributed by atoms with Gasteiger partial charge in [0.15, 0.2) is 0 Å². The molecule has 4 heteroatoms. The fraction of sp³-hybridized carbons (Fsp3) is 0.200. The molecule has 3 rings (SSSR count). The van der Waals surface area contributed by atoms with Gasteiger partial charge in [-0.2, -0.15) is 0 Å². The van der Waals surface area contributed by atoms with E-state index in [0.29, 0.717) is 12.0 Å². The van der Waals surface area contributed by atoms with Crippen LogP contribution in [0, 0.1) is 12.3 Å². The van der Waals surface area contributed by atoms with Gasteiger partial charge in [-0.1, -0.05) is 43.2 Å². The molecule has 2 aromatic carbocycles. The summed E-state index contributed by atoms with van der Waals surface area (Å²) in [5.74, 6) is 2.02. The molecule has 0 aliphatic heterocycles. The highest BCUT2D eigenvalue weighted by Crippen LogP contribution is 2.25. The first kappa shape index (κ1) is 15.8. The van der Waals surface area contributed by atoms with Gasteiger partial charge in [0.25, 0.3) is 5.91 Å². The molecule has 0 spiro atoms. The molecule has 0 unspecified atom stereocenters. The Morgan fingerprint density at radius 1 is 1.25 bits per heavy atom. The summed E-state index contributed by atoms with van der Waals surface area (Å²) in [6.45, 7) is 3.61. The van der Waals surface area contributed by atoms with Crippen molar-refractivity contribution in [2.24, 2.45) is 0 Å². The van der Waals surface area contributed by atoms with Gasteiger partial charge in [-0.15, -0.1) is 6.42 Å². The van der Waals surface area contributed by atoms with E-state index in [4.69, 9.17) is 10.8 Å². The Balaban J connectivity index is 2.17. The van der Waals surface area contributed by atoms with E-state index >= 15 is 0 Å². The molecular weight excluding hydrogens is 302 g/mol. The quantitative estimate of drug-likeness (QED) is 0.457. The highest BCUT2D eigenvalue weighted by molar-refractivity contribution is 6.08. The van der Waals surface area contributed by atoms with Crippen molar-refractivity contribution in [3.63, 3.8) is 0 Å². The molecule has 0 aliphatic rings. The first-order valence-corrected chi connectivity index (χ1v) is 7.73. The molecule has 0 saturated carbocycles. The molecule has 3 aromatic rings. The van der Waals surface area contributed by atoms with E-state index in [2.05, 4.69) is 11.2 Å². The van der Waals surface area contributed by atoms with Crippen LogP contribution in [0.1, 0.15) is 30.6 Å². The van der Waals surface area contributed by atoms with Crippen LogP contribution in [0.3, 0.4) is 0 Å². The van der Waals surface area contributed by atoms with E-state index < -0.39 is 17.1 Å². The van der Waals surface area contributed by atoms with Crippen LogP contribution in [0.25, 0.3) is 21.7 Å². The van der Waals surface area contributed by atoms with Crippen LogP contribution in [-0.2, 0) is 0 Å². The van der Waals surface area contributed by atoms with E-state index in [-0.39, 0.29) is 5.56 Å². The SMILES string of the molecule is C#C[C@](C)(CC)NC(=O)c1cc2c(ccc3ccccc32)oc1=O. The Kier molecular flexibility index (Phi) is 3.86. The van der Waals surface area contributed by atoms with Crippen LogP contribution >= 0.6 is 0 Å². The van der Waals surface area contributed by atoms with Crippen LogP contribution in [-0.4, -0.2) is 11.4 Å². The molecule has 0 fully saturated rings. The molecule has 120 valence electrons. The normalized spacial score (nSPS) is 13.4. The van der Waals surface area contributed by atoms with Crippen molar-refractivity contribution in [3.05, 3.63) is 58.4 Å². The lowest BCUT2D eigenvalue weighted by Crippen LogP contribution is -2.45. The van der Waals surface area contributed by atoms with Crippen molar-refractivity contribution in [2.45, 2.75) is 25.8 Å². The summed E-state index contributed by atoms with van der Waals surface area (Å²) >= 11 is 0. The van der Waals surface area contributed by atoms with E-state index in [1.54, 1.807) is 19.1 Å². The second kappa shape index (κ2) is 5.86. The predicted molar refractivity (Wildman–Crippen MR) is 95.0 cm³/mol. The number of rotatable bonds is 3. The van der Waals surface area contributed by atoms with E-state index in [9.17, 15) is 9.59 Å². The van der Waals surface area contributed by atoms with E-state index in [0.717, 1.165) is 16.2 Å². The lowest BCUT2D eigenvalue weighted by Gasteiger charge is -2.23. The van der Waals surface area contributed by atoms with Crippen LogP contribution in [0.5, 0.6) is 0 Å². The van der Waals surface area contributed by atoms with Crippen molar-refractivity contribution in [1.29, 1.82) is 0 Å². The minimum Gasteiger partial charge on any atom is -0.422 e. The molecule has 0 saturated heterocycles. The van der Waals surface area contributed by atoms with Crippen LogP contribution in [0.15, 0.2) is 51.7 Å². The number of amides is 1. The van der Waals surface area contributed by atoms with Gasteiger partial charge < -0.3 is 9.73 Å². The number of hydrogen-bond donors (Lipinski definition) is 1. The summed E-state index contributed by atoms with van der Waals surface area (Å²) in [4.78, 5) is 24.7. The number of benzene rings is 2. The highest BCUT2D eigenvalue weighted by atomic mass is 16.4. The van der Waals surface area contributed by atoms with Crippen LogP contribution < -0.4 is 10.9 Å². The lowest BCUT2D eigenvalue weighted by atomic mass is 9.99. The number of fused-ring (bicyclic) bond motifs is 3. The van der Waals surface area contributed by atoms with Gasteiger partial charge in [0.1, 0.15) is 11.1 Å². The second-order valence-corrected chi connectivity index (χ2v) is 5.93. The van der Waals surface area contributed by atoms with Crippen molar-refractivity contribution in [1.82, 2.24) is 5.32 Å². The second-order valence-electron chi connectivity index (χ2n) is 5.93. The van der Waals surface area contributed by atoms with Gasteiger partial charge in [-0.25, -0.2) is 4.79 Å². The fourth-order valence-corrected chi connectivity index (χ4v) is 2.57. The maximum atomic E-state index is 12.5. The maximum absolute atomic E-state index is 12.5. The summed E-state index contributed by atoms with van der Waals surface area (Å²) in [6, 6.07) is 12.9. The lowest BCUT2D eigenvalue weighted by molar-refractivity contribution is 0.0920. The van der Waals surface area contributed by atoms with Gasteiger partial charge in [0.2, 0.25) is 0 Å². The number of terminal acetylenes is 1. The smallest absolute Gasteiger partial charge is 0.349 e. The topological polar surface area (TPSA) is 59.3 Å². The van der Waals surface area contributed by atoms with Gasteiger partial charge in [0.05, 0.1) is 5.54 Å². The van der Waals surface area contributed by atoms with Crippen LogP contribution in [0.2, 0.25) is 0 Å². The molecule has 0 radical (unpaired) electrons. The van der Waals surface area contributed by atoms with E-state index in [1.807, 2.05) is 37.3 Å². The largest absolute Gasteiger partial charge is 0.422 e. The Labute approximate surface area is 139 Å². The van der Waals surface area contributed by atoms with E-state index in [1.165, 1.54) is 0 Å². The maximum Gasteiger partial charge on any atom is 0.349 e. The summed E-state index contributed by atoms with van der Waals surface area (Å²) < 4.78 is 5.34. The zero-order valence-electron chi connectivity index (χ0n) is 13.6.